The molecule has 0 saturated heterocycles. The molecule has 4 rings (SSSR count). The molecule has 37 heavy (non-hydrogen) atoms. The predicted octanol–water partition coefficient (Wildman–Crippen LogP) is 6.39. The Kier molecular flexibility index (Phi) is 7.58. The maximum absolute atomic E-state index is 13.9. The number of nitrogens with one attached hydrogen (secondary N) is 1. The summed E-state index contributed by atoms with van der Waals surface area (Å²) in [5, 5.41) is 3.04. The molecular weight excluding hydrogens is 555 g/mol. The highest BCUT2D eigenvalue weighted by Gasteiger charge is 2.34. The number of hydrogen-bond acceptors (Lipinski definition) is 3. The fourth-order valence-electron chi connectivity index (χ4n) is 4.21. The van der Waals surface area contributed by atoms with Crippen LogP contribution in [0.25, 0.3) is 0 Å². The molecule has 0 radical (unpaired) electrons. The van der Waals surface area contributed by atoms with Crippen LogP contribution in [-0.2, 0) is 40.4 Å². The van der Waals surface area contributed by atoms with Crippen LogP contribution >= 0.6 is 23.2 Å². The van der Waals surface area contributed by atoms with Crippen LogP contribution in [0.1, 0.15) is 27.8 Å². The Morgan fingerprint density at radius 1 is 1.08 bits per heavy atom. The van der Waals surface area contributed by atoms with E-state index in [1.807, 2.05) is 0 Å². The van der Waals surface area contributed by atoms with E-state index < -0.39 is 33.5 Å². The number of fused-ring (bicyclic) bond motifs is 1. The van der Waals surface area contributed by atoms with Crippen LogP contribution in [0.3, 0.4) is 0 Å². The van der Waals surface area contributed by atoms with E-state index in [1.54, 1.807) is 19.1 Å². The minimum absolute atomic E-state index is 0.0355. The third-order valence-corrected chi connectivity index (χ3v) is 8.62. The number of carbonyl (C=O) groups is 1. The summed E-state index contributed by atoms with van der Waals surface area (Å²) in [6.45, 7) is 1.92. The van der Waals surface area contributed by atoms with Gasteiger partial charge in [-0.2, -0.15) is 17.5 Å². The van der Waals surface area contributed by atoms with E-state index in [4.69, 9.17) is 23.2 Å². The lowest BCUT2D eigenvalue weighted by atomic mass is 9.95. The van der Waals surface area contributed by atoms with Gasteiger partial charge in [-0.15, -0.1) is 0 Å². The highest BCUT2D eigenvalue weighted by Crippen LogP contribution is 2.35. The monoisotopic (exact) mass is 574 g/mol. The van der Waals surface area contributed by atoms with Crippen LogP contribution in [0.2, 0.25) is 10.0 Å². The van der Waals surface area contributed by atoms with Crippen LogP contribution in [0.15, 0.2) is 53.4 Å². The second kappa shape index (κ2) is 10.2. The van der Waals surface area contributed by atoms with Gasteiger partial charge in [0.15, 0.2) is 0 Å². The van der Waals surface area contributed by atoms with Crippen molar-refractivity contribution >= 4 is 44.8 Å². The molecule has 0 atom stereocenters. The molecule has 0 saturated carbocycles. The van der Waals surface area contributed by atoms with Crippen molar-refractivity contribution in [2.45, 2.75) is 37.4 Å². The molecule has 1 amide bonds. The lowest BCUT2D eigenvalue weighted by Crippen LogP contribution is -2.36. The van der Waals surface area contributed by atoms with Crippen LogP contribution < -0.4 is 5.32 Å². The van der Waals surface area contributed by atoms with E-state index in [9.17, 15) is 30.8 Å². The molecule has 0 aromatic heterocycles. The second-order valence-corrected chi connectivity index (χ2v) is 11.3. The molecule has 0 fully saturated rings. The molecule has 3 aromatic rings. The Morgan fingerprint density at radius 3 is 2.49 bits per heavy atom. The first-order valence-corrected chi connectivity index (χ1v) is 13.2. The summed E-state index contributed by atoms with van der Waals surface area (Å²) in [6, 6.07) is 10.1. The molecule has 12 heteroatoms. The Hall–Kier alpha value is -2.66. The van der Waals surface area contributed by atoms with Gasteiger partial charge in [0.1, 0.15) is 10.7 Å². The van der Waals surface area contributed by atoms with Crippen molar-refractivity contribution in [1.29, 1.82) is 0 Å². The van der Waals surface area contributed by atoms with Crippen molar-refractivity contribution < 1.29 is 30.8 Å². The van der Waals surface area contributed by atoms with Gasteiger partial charge in [-0.3, -0.25) is 4.79 Å². The highest BCUT2D eigenvalue weighted by atomic mass is 35.5. The van der Waals surface area contributed by atoms with Crippen molar-refractivity contribution in [3.8, 4) is 0 Å². The first kappa shape index (κ1) is 27.4. The number of rotatable bonds is 5. The summed E-state index contributed by atoms with van der Waals surface area (Å²) in [5.74, 6) is -2.00. The average Bonchev–Trinajstić information content (AvgIpc) is 2.81. The quantitative estimate of drug-likeness (QED) is 0.359. The summed E-state index contributed by atoms with van der Waals surface area (Å²) < 4.78 is 80.0. The van der Waals surface area contributed by atoms with Crippen molar-refractivity contribution in [2.24, 2.45) is 0 Å². The molecular formula is C25H20Cl2F4N2O3S. The number of sulfonamides is 1. The standard InChI is InChI=1S/C25H20Cl2F4N2O3S/c1-14-2-4-16-13-33(37(35,36)22-12-17(26)5-7-20(22)27)9-8-18(16)24(14)32-23(34)11-15-3-6-19(21(28)10-15)25(29,30)31/h2-7,10,12H,8-9,11,13H2,1H3,(H,32,34). The van der Waals surface area contributed by atoms with E-state index in [2.05, 4.69) is 5.32 Å². The van der Waals surface area contributed by atoms with Crippen LogP contribution in [0.4, 0.5) is 23.2 Å². The molecule has 0 bridgehead atoms. The second-order valence-electron chi connectivity index (χ2n) is 8.60. The lowest BCUT2D eigenvalue weighted by Gasteiger charge is -2.30. The Balaban J connectivity index is 1.54. The molecule has 3 aromatic carbocycles. The summed E-state index contributed by atoms with van der Waals surface area (Å²) >= 11 is 12.1. The Labute approximate surface area is 221 Å². The molecule has 1 aliphatic heterocycles. The first-order chi connectivity index (χ1) is 17.3. The van der Waals surface area contributed by atoms with Crippen LogP contribution in [0, 0.1) is 12.7 Å². The van der Waals surface area contributed by atoms with E-state index >= 15 is 0 Å². The fourth-order valence-corrected chi connectivity index (χ4v) is 6.36. The van der Waals surface area contributed by atoms with E-state index in [0.717, 1.165) is 17.2 Å². The number of nitrogens with zero attached hydrogens (tertiary/aromatic N) is 1. The smallest absolute Gasteiger partial charge is 0.325 e. The molecule has 0 unspecified atom stereocenters. The third-order valence-electron chi connectivity index (χ3n) is 6.06. The van der Waals surface area contributed by atoms with Gasteiger partial charge in [0.25, 0.3) is 0 Å². The van der Waals surface area contributed by atoms with Gasteiger partial charge in [0, 0.05) is 23.8 Å². The maximum atomic E-state index is 13.9. The molecule has 0 aliphatic carbocycles. The maximum Gasteiger partial charge on any atom is 0.419 e. The fraction of sp³-hybridized carbons (Fsp3) is 0.240. The summed E-state index contributed by atoms with van der Waals surface area (Å²) in [7, 11) is -3.95. The number of hydrogen-bond donors (Lipinski definition) is 1. The number of halogens is 6. The van der Waals surface area contributed by atoms with E-state index in [0.29, 0.717) is 29.8 Å². The zero-order valence-electron chi connectivity index (χ0n) is 19.3. The zero-order chi connectivity index (χ0) is 27.1. The Bertz CT molecular complexity index is 1490. The minimum Gasteiger partial charge on any atom is -0.325 e. The summed E-state index contributed by atoms with van der Waals surface area (Å²) in [6.07, 6.45) is -4.88. The topological polar surface area (TPSA) is 66.5 Å². The molecule has 1 heterocycles. The van der Waals surface area contributed by atoms with Gasteiger partial charge < -0.3 is 5.32 Å². The van der Waals surface area contributed by atoms with Gasteiger partial charge in [0.2, 0.25) is 15.9 Å². The van der Waals surface area contributed by atoms with Gasteiger partial charge in [0.05, 0.1) is 17.0 Å². The van der Waals surface area contributed by atoms with Gasteiger partial charge in [-0.05, 0) is 65.9 Å². The largest absolute Gasteiger partial charge is 0.419 e. The average molecular weight is 575 g/mol. The number of aryl methyl sites for hydroxylation is 1. The SMILES string of the molecule is Cc1ccc2c(c1NC(=O)Cc1ccc(C(F)(F)F)c(F)c1)CCN(S(=O)(=O)c1cc(Cl)ccc1Cl)C2. The number of benzene rings is 3. The number of alkyl halides is 3. The zero-order valence-corrected chi connectivity index (χ0v) is 21.6. The minimum atomic E-state index is -4.83. The number of amides is 1. The van der Waals surface area contributed by atoms with Crippen molar-refractivity contribution in [3.63, 3.8) is 0 Å². The van der Waals surface area contributed by atoms with Gasteiger partial charge in [-0.25, -0.2) is 12.8 Å². The molecule has 1 N–H and O–H groups in total. The molecule has 196 valence electrons. The molecule has 0 spiro atoms. The summed E-state index contributed by atoms with van der Waals surface area (Å²) in [4.78, 5) is 12.6. The first-order valence-electron chi connectivity index (χ1n) is 11.0. The lowest BCUT2D eigenvalue weighted by molar-refractivity contribution is -0.140. The van der Waals surface area contributed by atoms with Gasteiger partial charge >= 0.3 is 6.18 Å². The van der Waals surface area contributed by atoms with E-state index in [-0.39, 0.29) is 40.0 Å². The van der Waals surface area contributed by atoms with Gasteiger partial charge in [-0.1, -0.05) is 41.4 Å². The van der Waals surface area contributed by atoms with Crippen LogP contribution in [0.5, 0.6) is 0 Å². The van der Waals surface area contributed by atoms with Crippen molar-refractivity contribution in [2.75, 3.05) is 11.9 Å². The predicted molar refractivity (Wildman–Crippen MR) is 133 cm³/mol. The number of anilines is 1. The Morgan fingerprint density at radius 2 is 1.81 bits per heavy atom. The third kappa shape index (κ3) is 5.77. The van der Waals surface area contributed by atoms with Crippen molar-refractivity contribution in [3.05, 3.63) is 92.2 Å². The normalized spacial score (nSPS) is 14.4. The number of carbonyl (C=O) groups excluding carboxylic acids is 1. The molecule has 1 aliphatic rings. The van der Waals surface area contributed by atoms with Crippen LogP contribution in [-0.4, -0.2) is 25.2 Å². The van der Waals surface area contributed by atoms with E-state index in [1.165, 1.54) is 22.5 Å². The van der Waals surface area contributed by atoms with Crippen molar-refractivity contribution in [1.82, 2.24) is 4.31 Å². The summed E-state index contributed by atoms with van der Waals surface area (Å²) in [5.41, 5.74) is 1.32. The molecule has 5 nitrogen and oxygen atoms in total. The highest BCUT2D eigenvalue weighted by molar-refractivity contribution is 7.89.